The zero-order valence-corrected chi connectivity index (χ0v) is 35.5. The second kappa shape index (κ2) is 15.6. The van der Waals surface area contributed by atoms with E-state index in [4.69, 9.17) is 10.7 Å². The van der Waals surface area contributed by atoms with Gasteiger partial charge in [-0.1, -0.05) is 226 Å². The van der Waals surface area contributed by atoms with Gasteiger partial charge in [-0.05, 0) is 106 Å². The second-order valence-corrected chi connectivity index (χ2v) is 17.2. The van der Waals surface area contributed by atoms with Crippen LogP contribution in [0.5, 0.6) is 0 Å². The van der Waals surface area contributed by atoms with Gasteiger partial charge in [-0.15, -0.1) is 0 Å². The molecule has 2 nitrogen and oxygen atoms in total. The van der Waals surface area contributed by atoms with Crippen molar-refractivity contribution in [3.05, 3.63) is 246 Å². The van der Waals surface area contributed by atoms with Gasteiger partial charge in [-0.3, -0.25) is 0 Å². The lowest BCUT2D eigenvalue weighted by atomic mass is 9.81. The van der Waals surface area contributed by atoms with Crippen molar-refractivity contribution in [1.29, 1.82) is 0 Å². The first-order chi connectivity index (χ1) is 30.9. The molecule has 0 spiro atoms. The molecule has 0 saturated heterocycles. The second-order valence-electron chi connectivity index (χ2n) is 17.2. The molecule has 1 aliphatic rings. The Labute approximate surface area is 369 Å². The van der Waals surface area contributed by atoms with E-state index in [0.717, 1.165) is 22.2 Å². The lowest BCUT2D eigenvalue weighted by molar-refractivity contribution is 0.661. The van der Waals surface area contributed by atoms with Crippen molar-refractivity contribution in [1.82, 2.24) is 0 Å². The smallest absolute Gasteiger partial charge is 0.131 e. The Morgan fingerprint density at radius 1 is 0.460 bits per heavy atom. The highest BCUT2D eigenvalue weighted by molar-refractivity contribution is 6.12. The highest BCUT2D eigenvalue weighted by Gasteiger charge is 2.36. The maximum atomic E-state index is 6.81. The van der Waals surface area contributed by atoms with E-state index in [1.807, 2.05) is 30.3 Å². The fraction of sp³-hybridized carbons (Fsp3) is 0.0656. The summed E-state index contributed by atoms with van der Waals surface area (Å²) in [6.45, 7) is 4.75. The molecule has 2 N–H and O–H groups in total. The summed E-state index contributed by atoms with van der Waals surface area (Å²) in [6.07, 6.45) is 2.93. The number of rotatable bonds is 8. The first-order valence-corrected chi connectivity index (χ1v) is 21.9. The lowest BCUT2D eigenvalue weighted by Gasteiger charge is -2.22. The van der Waals surface area contributed by atoms with E-state index in [9.17, 15) is 0 Å². The SMILES string of the molecule is CC1(C)c2cc(-c3ccc(-c4ccc(/C(=C/Cc5ccccc5-c5ccccc5)N=C(N)c5ccccc5)c5ccccc45)c4ccccc34)ccc2-c2c1ccc1ccccc21. The van der Waals surface area contributed by atoms with E-state index in [1.165, 1.54) is 88.1 Å². The van der Waals surface area contributed by atoms with E-state index in [0.29, 0.717) is 12.3 Å². The first-order valence-electron chi connectivity index (χ1n) is 21.9. The molecule has 1 aliphatic carbocycles. The van der Waals surface area contributed by atoms with Gasteiger partial charge in [0.2, 0.25) is 0 Å². The van der Waals surface area contributed by atoms with Gasteiger partial charge in [-0.2, -0.15) is 0 Å². The molecular weight excluding hydrogens is 761 g/mol. The lowest BCUT2D eigenvalue weighted by Crippen LogP contribution is -2.15. The molecule has 300 valence electrons. The van der Waals surface area contributed by atoms with E-state index < -0.39 is 0 Å². The molecular formula is C61H46N2. The van der Waals surface area contributed by atoms with Gasteiger partial charge in [0.15, 0.2) is 0 Å². The van der Waals surface area contributed by atoms with Crippen LogP contribution >= 0.6 is 0 Å². The Balaban J connectivity index is 1.03. The quantitative estimate of drug-likeness (QED) is 0.121. The minimum absolute atomic E-state index is 0.116. The van der Waals surface area contributed by atoms with Crippen molar-refractivity contribution in [2.24, 2.45) is 10.7 Å². The number of amidine groups is 1. The molecule has 11 rings (SSSR count). The number of nitrogens with zero attached hydrogens (tertiary/aromatic N) is 1. The Hall–Kier alpha value is -7.81. The average molecular weight is 807 g/mol. The molecule has 10 aromatic rings. The number of fused-ring (bicyclic) bond motifs is 7. The van der Waals surface area contributed by atoms with Crippen molar-refractivity contribution >= 4 is 43.9 Å². The number of hydrogen-bond donors (Lipinski definition) is 1. The number of benzene rings is 10. The molecule has 0 radical (unpaired) electrons. The van der Waals surface area contributed by atoms with Crippen LogP contribution in [0.4, 0.5) is 0 Å². The molecule has 0 aliphatic heterocycles. The summed E-state index contributed by atoms with van der Waals surface area (Å²) in [5.74, 6) is 0.486. The molecule has 63 heavy (non-hydrogen) atoms. The van der Waals surface area contributed by atoms with Crippen molar-refractivity contribution in [3.8, 4) is 44.5 Å². The van der Waals surface area contributed by atoms with Gasteiger partial charge < -0.3 is 5.73 Å². The molecule has 0 bridgehead atoms. The normalized spacial score (nSPS) is 13.4. The number of nitrogens with two attached hydrogens (primary N) is 1. The molecule has 10 aromatic carbocycles. The third-order valence-corrected chi connectivity index (χ3v) is 13.2. The van der Waals surface area contributed by atoms with Crippen LogP contribution in [0.1, 0.15) is 41.7 Å². The monoisotopic (exact) mass is 806 g/mol. The Bertz CT molecular complexity index is 3450. The van der Waals surface area contributed by atoms with Gasteiger partial charge in [0, 0.05) is 16.5 Å². The van der Waals surface area contributed by atoms with Gasteiger partial charge in [0.05, 0.1) is 5.70 Å². The van der Waals surface area contributed by atoms with E-state index in [2.05, 4.69) is 202 Å². The summed E-state index contributed by atoms with van der Waals surface area (Å²) in [7, 11) is 0. The predicted octanol–water partition coefficient (Wildman–Crippen LogP) is 15.4. The summed E-state index contributed by atoms with van der Waals surface area (Å²) in [4.78, 5) is 5.20. The van der Waals surface area contributed by atoms with Crippen molar-refractivity contribution < 1.29 is 0 Å². The predicted molar refractivity (Wildman–Crippen MR) is 268 cm³/mol. The van der Waals surface area contributed by atoms with Crippen molar-refractivity contribution in [2.75, 3.05) is 0 Å². The Morgan fingerprint density at radius 2 is 1.03 bits per heavy atom. The first kappa shape index (κ1) is 38.1. The number of hydrogen-bond acceptors (Lipinski definition) is 1. The molecule has 0 fully saturated rings. The van der Waals surface area contributed by atoms with Crippen LogP contribution < -0.4 is 5.73 Å². The third-order valence-electron chi connectivity index (χ3n) is 13.2. The molecule has 0 unspecified atom stereocenters. The highest BCUT2D eigenvalue weighted by atomic mass is 14.9. The number of aliphatic imine (C=N–C) groups is 1. The van der Waals surface area contributed by atoms with Crippen LogP contribution in [0, 0.1) is 0 Å². The zero-order chi connectivity index (χ0) is 42.5. The fourth-order valence-corrected chi connectivity index (χ4v) is 10.0. The number of allylic oxidation sites excluding steroid dienone is 1. The van der Waals surface area contributed by atoms with Crippen LogP contribution in [0.15, 0.2) is 223 Å². The van der Waals surface area contributed by atoms with E-state index in [-0.39, 0.29) is 5.41 Å². The van der Waals surface area contributed by atoms with Gasteiger partial charge in [0.1, 0.15) is 5.84 Å². The molecule has 0 amide bonds. The van der Waals surface area contributed by atoms with E-state index >= 15 is 0 Å². The highest BCUT2D eigenvalue weighted by Crippen LogP contribution is 2.52. The Kier molecular flexibility index (Phi) is 9.43. The summed E-state index contributed by atoms with van der Waals surface area (Å²) in [5.41, 5.74) is 23.5. The maximum absolute atomic E-state index is 6.81. The Morgan fingerprint density at radius 3 is 1.79 bits per heavy atom. The zero-order valence-electron chi connectivity index (χ0n) is 35.5. The van der Waals surface area contributed by atoms with Crippen LogP contribution in [-0.4, -0.2) is 5.84 Å². The largest absolute Gasteiger partial charge is 0.383 e. The standard InChI is InChI=1S/C61H46N2/c1-61(2)56-37-30-42-20-10-12-24-47(42)59(56)55-32-29-44(39-57(55)61)46-33-34-52(49-26-14-13-25-48(46)49)53-35-36-54(51-28-16-15-27-50(51)53)58(63-60(62)43-21-7-4-8-22-43)38-31-41-19-9-11-23-45(41)40-17-5-3-6-18-40/h3-30,32-39H,31H2,1-2H3,(H2,62,63)/b58-38-. The minimum Gasteiger partial charge on any atom is -0.383 e. The summed E-state index contributed by atoms with van der Waals surface area (Å²) < 4.78 is 0. The summed E-state index contributed by atoms with van der Waals surface area (Å²) in [6, 6.07) is 76.6. The van der Waals surface area contributed by atoms with Crippen molar-refractivity contribution in [2.45, 2.75) is 25.7 Å². The summed E-state index contributed by atoms with van der Waals surface area (Å²) >= 11 is 0. The fourth-order valence-electron chi connectivity index (χ4n) is 10.0. The average Bonchev–Trinajstić information content (AvgIpc) is 3.58. The molecule has 0 aromatic heterocycles. The van der Waals surface area contributed by atoms with Gasteiger partial charge >= 0.3 is 0 Å². The minimum atomic E-state index is -0.116. The van der Waals surface area contributed by atoms with Crippen LogP contribution in [0.2, 0.25) is 0 Å². The molecule has 0 saturated carbocycles. The summed E-state index contributed by atoms with van der Waals surface area (Å²) in [5, 5.41) is 7.36. The van der Waals surface area contributed by atoms with Crippen molar-refractivity contribution in [3.63, 3.8) is 0 Å². The van der Waals surface area contributed by atoms with Crippen LogP contribution in [0.25, 0.3) is 82.5 Å². The third kappa shape index (κ3) is 6.63. The maximum Gasteiger partial charge on any atom is 0.131 e. The molecule has 0 atom stereocenters. The topological polar surface area (TPSA) is 38.4 Å². The molecule has 0 heterocycles. The van der Waals surface area contributed by atoms with Crippen LogP contribution in [0.3, 0.4) is 0 Å². The van der Waals surface area contributed by atoms with Gasteiger partial charge in [-0.25, -0.2) is 4.99 Å². The van der Waals surface area contributed by atoms with Crippen LogP contribution in [-0.2, 0) is 11.8 Å². The van der Waals surface area contributed by atoms with Gasteiger partial charge in [0.25, 0.3) is 0 Å². The molecule has 2 heteroatoms. The van der Waals surface area contributed by atoms with E-state index in [1.54, 1.807) is 0 Å².